The first-order valence-electron chi connectivity index (χ1n) is 6.05. The van der Waals surface area contributed by atoms with Crippen LogP contribution in [0.1, 0.15) is 38.3 Å². The second kappa shape index (κ2) is 5.69. The van der Waals surface area contributed by atoms with Crippen LogP contribution in [0.4, 0.5) is 0 Å². The maximum atomic E-state index is 4.17. The summed E-state index contributed by atoms with van der Waals surface area (Å²) in [5, 5.41) is 4.45. The van der Waals surface area contributed by atoms with Crippen molar-refractivity contribution in [3.8, 4) is 0 Å². The van der Waals surface area contributed by atoms with Gasteiger partial charge in [0.15, 0.2) is 0 Å². The molecule has 0 aromatic carbocycles. The van der Waals surface area contributed by atoms with Gasteiger partial charge in [-0.2, -0.15) is 11.8 Å². The Morgan fingerprint density at radius 1 is 1.56 bits per heavy atom. The van der Waals surface area contributed by atoms with Crippen LogP contribution >= 0.6 is 11.8 Å². The largest absolute Gasteiger partial charge is 0.306 e. The highest BCUT2D eigenvalue weighted by molar-refractivity contribution is 7.99. The smallest absolute Gasteiger partial charge is 0.0315 e. The summed E-state index contributed by atoms with van der Waals surface area (Å²) in [5.74, 6) is 1.32. The summed E-state index contributed by atoms with van der Waals surface area (Å²) in [7, 11) is 0. The molecule has 0 bridgehead atoms. The molecule has 2 heterocycles. The predicted molar refractivity (Wildman–Crippen MR) is 70.7 cm³/mol. The van der Waals surface area contributed by atoms with Crippen LogP contribution in [0.25, 0.3) is 0 Å². The molecule has 2 rings (SSSR count). The number of hydrogen-bond acceptors (Lipinski definition) is 3. The number of nitrogens with one attached hydrogen (secondary N) is 1. The molecule has 1 saturated heterocycles. The average Bonchev–Trinajstić information content (AvgIpc) is 2.33. The van der Waals surface area contributed by atoms with Crippen LogP contribution < -0.4 is 5.32 Å². The van der Waals surface area contributed by atoms with Crippen LogP contribution in [0, 0.1) is 0 Å². The number of hydrogen-bond donors (Lipinski definition) is 1. The second-order valence-electron chi connectivity index (χ2n) is 4.50. The molecule has 0 amide bonds. The fourth-order valence-electron chi connectivity index (χ4n) is 2.19. The lowest BCUT2D eigenvalue weighted by atomic mass is 10.0. The molecule has 0 radical (unpaired) electrons. The first-order chi connectivity index (χ1) is 7.77. The lowest BCUT2D eigenvalue weighted by molar-refractivity contribution is 0.417. The minimum atomic E-state index is 0.403. The topological polar surface area (TPSA) is 24.9 Å². The van der Waals surface area contributed by atoms with E-state index in [1.807, 2.05) is 18.5 Å². The summed E-state index contributed by atoms with van der Waals surface area (Å²) in [6.07, 6.45) is 6.43. The van der Waals surface area contributed by atoms with Gasteiger partial charge in [-0.3, -0.25) is 4.98 Å². The summed E-state index contributed by atoms with van der Waals surface area (Å²) >= 11 is 2.09. The number of aromatic nitrogens is 1. The van der Waals surface area contributed by atoms with Crippen LogP contribution in [0.5, 0.6) is 0 Å². The van der Waals surface area contributed by atoms with Gasteiger partial charge in [0.25, 0.3) is 0 Å². The molecule has 3 atom stereocenters. The van der Waals surface area contributed by atoms with Gasteiger partial charge >= 0.3 is 0 Å². The van der Waals surface area contributed by atoms with E-state index in [2.05, 4.69) is 42.0 Å². The Bertz CT molecular complexity index is 315. The first kappa shape index (κ1) is 11.9. The van der Waals surface area contributed by atoms with Crippen LogP contribution in [-0.2, 0) is 0 Å². The van der Waals surface area contributed by atoms with Crippen molar-refractivity contribution in [1.82, 2.24) is 10.3 Å². The summed E-state index contributed by atoms with van der Waals surface area (Å²) in [5.41, 5.74) is 1.28. The summed E-state index contributed by atoms with van der Waals surface area (Å²) in [6, 6.07) is 5.20. The van der Waals surface area contributed by atoms with Crippen molar-refractivity contribution in [2.75, 3.05) is 5.75 Å². The maximum Gasteiger partial charge on any atom is 0.0315 e. The van der Waals surface area contributed by atoms with E-state index < -0.39 is 0 Å². The summed E-state index contributed by atoms with van der Waals surface area (Å²) < 4.78 is 0. The van der Waals surface area contributed by atoms with Crippen LogP contribution in [0.3, 0.4) is 0 Å². The lowest BCUT2D eigenvalue weighted by Crippen LogP contribution is -2.40. The lowest BCUT2D eigenvalue weighted by Gasteiger charge is -2.31. The van der Waals surface area contributed by atoms with Gasteiger partial charge in [0.05, 0.1) is 0 Å². The van der Waals surface area contributed by atoms with Crippen molar-refractivity contribution in [2.45, 2.75) is 44.0 Å². The Labute approximate surface area is 102 Å². The molecule has 0 spiro atoms. The van der Waals surface area contributed by atoms with Gasteiger partial charge in [-0.25, -0.2) is 0 Å². The van der Waals surface area contributed by atoms with Crippen molar-refractivity contribution in [3.05, 3.63) is 30.1 Å². The van der Waals surface area contributed by atoms with Crippen LogP contribution in [0.15, 0.2) is 24.5 Å². The summed E-state index contributed by atoms with van der Waals surface area (Å²) in [4.78, 5) is 4.17. The van der Waals surface area contributed by atoms with Crippen molar-refractivity contribution >= 4 is 11.8 Å². The first-order valence-corrected chi connectivity index (χ1v) is 7.10. The Morgan fingerprint density at radius 3 is 3.12 bits per heavy atom. The average molecular weight is 236 g/mol. The molecule has 16 heavy (non-hydrogen) atoms. The van der Waals surface area contributed by atoms with Crippen LogP contribution in [0.2, 0.25) is 0 Å². The number of nitrogens with zero attached hydrogens (tertiary/aromatic N) is 1. The van der Waals surface area contributed by atoms with Crippen LogP contribution in [-0.4, -0.2) is 22.0 Å². The van der Waals surface area contributed by atoms with Gasteiger partial charge in [-0.15, -0.1) is 0 Å². The Hall–Kier alpha value is -0.540. The number of rotatable bonds is 3. The third kappa shape index (κ3) is 2.98. The van der Waals surface area contributed by atoms with Gasteiger partial charge in [-0.1, -0.05) is 13.0 Å². The molecule has 1 aliphatic heterocycles. The van der Waals surface area contributed by atoms with Gasteiger partial charge in [0.1, 0.15) is 0 Å². The van der Waals surface area contributed by atoms with Crippen molar-refractivity contribution in [3.63, 3.8) is 0 Å². The van der Waals surface area contributed by atoms with E-state index in [0.29, 0.717) is 12.1 Å². The SMILES string of the molecule is CC1SCCCC1N[C@H](C)c1cccnc1. The van der Waals surface area contributed by atoms with E-state index in [4.69, 9.17) is 0 Å². The molecule has 1 aromatic heterocycles. The molecule has 1 aromatic rings. The molecule has 1 N–H and O–H groups in total. The van der Waals surface area contributed by atoms with Gasteiger partial charge < -0.3 is 5.32 Å². The predicted octanol–water partition coefficient (Wildman–Crippen LogP) is 3.02. The molecular weight excluding hydrogens is 216 g/mol. The standard InChI is InChI=1S/C13H20N2S/c1-10(12-5-3-7-14-9-12)15-13-6-4-8-16-11(13)2/h3,5,7,9-11,13,15H,4,6,8H2,1-2H3/t10-,11?,13?/m1/s1. The van der Waals surface area contributed by atoms with Crippen molar-refractivity contribution in [1.29, 1.82) is 0 Å². The minimum absolute atomic E-state index is 0.403. The highest BCUT2D eigenvalue weighted by Gasteiger charge is 2.23. The molecular formula is C13H20N2S. The fraction of sp³-hybridized carbons (Fsp3) is 0.615. The monoisotopic (exact) mass is 236 g/mol. The molecule has 3 heteroatoms. The zero-order chi connectivity index (χ0) is 11.4. The summed E-state index contributed by atoms with van der Waals surface area (Å²) in [6.45, 7) is 4.56. The van der Waals surface area contributed by atoms with E-state index >= 15 is 0 Å². The highest BCUT2D eigenvalue weighted by atomic mass is 32.2. The van der Waals surface area contributed by atoms with Gasteiger partial charge in [0, 0.05) is 29.7 Å². The second-order valence-corrected chi connectivity index (χ2v) is 5.98. The molecule has 1 fully saturated rings. The van der Waals surface area contributed by atoms with Crippen molar-refractivity contribution in [2.24, 2.45) is 0 Å². The van der Waals surface area contributed by atoms with E-state index in [1.165, 1.54) is 24.2 Å². The quantitative estimate of drug-likeness (QED) is 0.873. The van der Waals surface area contributed by atoms with Gasteiger partial charge in [-0.05, 0) is 37.1 Å². The van der Waals surface area contributed by atoms with Crippen molar-refractivity contribution < 1.29 is 0 Å². The number of pyridine rings is 1. The van der Waals surface area contributed by atoms with Gasteiger partial charge in [0.2, 0.25) is 0 Å². The third-order valence-corrected chi connectivity index (χ3v) is 4.63. The zero-order valence-electron chi connectivity index (χ0n) is 10.0. The van der Waals surface area contributed by atoms with E-state index in [-0.39, 0.29) is 0 Å². The third-order valence-electron chi connectivity index (χ3n) is 3.26. The molecule has 2 unspecified atom stereocenters. The number of thioether (sulfide) groups is 1. The molecule has 2 nitrogen and oxygen atoms in total. The zero-order valence-corrected chi connectivity index (χ0v) is 10.8. The molecule has 88 valence electrons. The molecule has 0 aliphatic carbocycles. The Morgan fingerprint density at radius 2 is 2.44 bits per heavy atom. The molecule has 0 saturated carbocycles. The molecule has 1 aliphatic rings. The fourth-order valence-corrected chi connectivity index (χ4v) is 3.34. The Balaban J connectivity index is 1.94. The normalized spacial score (nSPS) is 27.6. The van der Waals surface area contributed by atoms with E-state index in [9.17, 15) is 0 Å². The highest BCUT2D eigenvalue weighted by Crippen LogP contribution is 2.26. The Kier molecular flexibility index (Phi) is 4.24. The van der Waals surface area contributed by atoms with E-state index in [0.717, 1.165) is 5.25 Å². The van der Waals surface area contributed by atoms with E-state index in [1.54, 1.807) is 0 Å². The minimum Gasteiger partial charge on any atom is -0.306 e. The maximum absolute atomic E-state index is 4.17.